The van der Waals surface area contributed by atoms with Crippen LogP contribution in [0, 0.1) is 13.8 Å². The third-order valence-corrected chi connectivity index (χ3v) is 2.12. The first-order valence-corrected chi connectivity index (χ1v) is 5.24. The van der Waals surface area contributed by atoms with Gasteiger partial charge in [-0.25, -0.2) is 9.97 Å². The first kappa shape index (κ1) is 11.9. The molecule has 1 rings (SSSR count). The van der Waals surface area contributed by atoms with Gasteiger partial charge in [-0.1, -0.05) is 0 Å². The summed E-state index contributed by atoms with van der Waals surface area (Å²) in [7, 11) is 2.01. The van der Waals surface area contributed by atoms with Crippen LogP contribution in [0.25, 0.3) is 0 Å². The van der Waals surface area contributed by atoms with E-state index in [0.29, 0.717) is 0 Å². The molecule has 1 aromatic rings. The molecular weight excluding hydrogens is 190 g/mol. The standard InChI is InChI=1S/C11H19N3O/c1-5-15-7-6-14(4)11-8-9(2)12-10(3)13-11/h8H,5-7H2,1-4H3. The molecular formula is C11H19N3O. The van der Waals surface area contributed by atoms with Gasteiger partial charge >= 0.3 is 0 Å². The molecule has 0 unspecified atom stereocenters. The first-order chi connectivity index (χ1) is 7.13. The van der Waals surface area contributed by atoms with Gasteiger partial charge in [0.25, 0.3) is 0 Å². The minimum atomic E-state index is 0.731. The maximum Gasteiger partial charge on any atom is 0.132 e. The summed E-state index contributed by atoms with van der Waals surface area (Å²) in [6.45, 7) is 8.23. The average Bonchev–Trinajstić information content (AvgIpc) is 2.16. The van der Waals surface area contributed by atoms with Crippen molar-refractivity contribution in [3.63, 3.8) is 0 Å². The Bertz CT molecular complexity index is 294. The lowest BCUT2D eigenvalue weighted by Crippen LogP contribution is -2.24. The van der Waals surface area contributed by atoms with Crippen molar-refractivity contribution in [3.05, 3.63) is 17.6 Å². The number of rotatable bonds is 5. The van der Waals surface area contributed by atoms with E-state index in [1.807, 2.05) is 33.9 Å². The van der Waals surface area contributed by atoms with Crippen LogP contribution in [0.2, 0.25) is 0 Å². The number of hydrogen-bond donors (Lipinski definition) is 0. The minimum Gasteiger partial charge on any atom is -0.380 e. The fraction of sp³-hybridized carbons (Fsp3) is 0.636. The van der Waals surface area contributed by atoms with Crippen LogP contribution in [0.3, 0.4) is 0 Å². The van der Waals surface area contributed by atoms with E-state index in [-0.39, 0.29) is 0 Å². The SMILES string of the molecule is CCOCCN(C)c1cc(C)nc(C)n1. The van der Waals surface area contributed by atoms with E-state index in [0.717, 1.165) is 37.1 Å². The van der Waals surface area contributed by atoms with Crippen molar-refractivity contribution >= 4 is 5.82 Å². The van der Waals surface area contributed by atoms with Gasteiger partial charge in [0.15, 0.2) is 0 Å². The molecule has 4 heteroatoms. The van der Waals surface area contributed by atoms with E-state index in [1.54, 1.807) is 0 Å². The summed E-state index contributed by atoms with van der Waals surface area (Å²) in [4.78, 5) is 10.7. The van der Waals surface area contributed by atoms with E-state index < -0.39 is 0 Å². The van der Waals surface area contributed by atoms with Crippen molar-refractivity contribution in [2.24, 2.45) is 0 Å². The van der Waals surface area contributed by atoms with Gasteiger partial charge in [-0.05, 0) is 20.8 Å². The lowest BCUT2D eigenvalue weighted by molar-refractivity contribution is 0.154. The molecule has 0 N–H and O–H groups in total. The number of aryl methyl sites for hydroxylation is 2. The van der Waals surface area contributed by atoms with Gasteiger partial charge in [0.05, 0.1) is 6.61 Å². The van der Waals surface area contributed by atoms with Crippen molar-refractivity contribution in [2.75, 3.05) is 31.7 Å². The van der Waals surface area contributed by atoms with E-state index in [2.05, 4.69) is 14.9 Å². The van der Waals surface area contributed by atoms with Crippen molar-refractivity contribution < 1.29 is 4.74 Å². The number of likely N-dealkylation sites (N-methyl/N-ethyl adjacent to an activating group) is 1. The van der Waals surface area contributed by atoms with Gasteiger partial charge in [-0.15, -0.1) is 0 Å². The predicted octanol–water partition coefficient (Wildman–Crippen LogP) is 1.57. The van der Waals surface area contributed by atoms with Crippen LogP contribution in [0.4, 0.5) is 5.82 Å². The van der Waals surface area contributed by atoms with Crippen LogP contribution in [-0.2, 0) is 4.74 Å². The molecule has 0 aliphatic rings. The molecule has 0 amide bonds. The summed E-state index contributed by atoms with van der Waals surface area (Å²) in [5.74, 6) is 1.77. The monoisotopic (exact) mass is 209 g/mol. The molecule has 0 bridgehead atoms. The second-order valence-electron chi connectivity index (χ2n) is 3.53. The van der Waals surface area contributed by atoms with Crippen LogP contribution in [0.15, 0.2) is 6.07 Å². The smallest absolute Gasteiger partial charge is 0.132 e. The molecule has 0 fully saturated rings. The van der Waals surface area contributed by atoms with Crippen molar-refractivity contribution in [3.8, 4) is 0 Å². The Balaban J connectivity index is 2.60. The Morgan fingerprint density at radius 2 is 2.07 bits per heavy atom. The van der Waals surface area contributed by atoms with Gasteiger partial charge in [0, 0.05) is 32.0 Å². The Morgan fingerprint density at radius 1 is 1.33 bits per heavy atom. The molecule has 1 heterocycles. The predicted molar refractivity (Wildman–Crippen MR) is 61.3 cm³/mol. The molecule has 0 atom stereocenters. The van der Waals surface area contributed by atoms with Crippen LogP contribution in [0.5, 0.6) is 0 Å². The number of anilines is 1. The molecule has 15 heavy (non-hydrogen) atoms. The molecule has 0 aromatic carbocycles. The summed E-state index contributed by atoms with van der Waals surface area (Å²) in [5.41, 5.74) is 1.00. The molecule has 1 aromatic heterocycles. The van der Waals surface area contributed by atoms with Crippen LogP contribution >= 0.6 is 0 Å². The maximum absolute atomic E-state index is 5.30. The Kier molecular flexibility index (Phi) is 4.49. The van der Waals surface area contributed by atoms with Gasteiger partial charge in [-0.2, -0.15) is 0 Å². The number of aromatic nitrogens is 2. The van der Waals surface area contributed by atoms with Crippen molar-refractivity contribution in [1.29, 1.82) is 0 Å². The van der Waals surface area contributed by atoms with E-state index in [1.165, 1.54) is 0 Å². The average molecular weight is 209 g/mol. The normalized spacial score (nSPS) is 10.4. The van der Waals surface area contributed by atoms with Crippen LogP contribution in [-0.4, -0.2) is 36.8 Å². The second kappa shape index (κ2) is 5.66. The lowest BCUT2D eigenvalue weighted by atomic mass is 10.4. The Labute approximate surface area is 91.3 Å². The molecule has 0 aliphatic carbocycles. The van der Waals surface area contributed by atoms with E-state index >= 15 is 0 Å². The van der Waals surface area contributed by atoms with E-state index in [9.17, 15) is 0 Å². The Morgan fingerprint density at radius 3 is 2.67 bits per heavy atom. The summed E-state index contributed by atoms with van der Waals surface area (Å²) in [6.07, 6.45) is 0. The summed E-state index contributed by atoms with van der Waals surface area (Å²) in [6, 6.07) is 1.99. The van der Waals surface area contributed by atoms with Crippen molar-refractivity contribution in [2.45, 2.75) is 20.8 Å². The largest absolute Gasteiger partial charge is 0.380 e. The fourth-order valence-corrected chi connectivity index (χ4v) is 1.35. The molecule has 0 saturated heterocycles. The number of nitrogens with zero attached hydrogens (tertiary/aromatic N) is 3. The molecule has 0 aliphatic heterocycles. The third kappa shape index (κ3) is 3.83. The molecule has 84 valence electrons. The maximum atomic E-state index is 5.30. The lowest BCUT2D eigenvalue weighted by Gasteiger charge is -2.18. The number of hydrogen-bond acceptors (Lipinski definition) is 4. The summed E-state index contributed by atoms with van der Waals surface area (Å²) in [5, 5.41) is 0. The van der Waals surface area contributed by atoms with Gasteiger partial charge in [-0.3, -0.25) is 0 Å². The highest BCUT2D eigenvalue weighted by Gasteiger charge is 2.04. The minimum absolute atomic E-state index is 0.731. The first-order valence-electron chi connectivity index (χ1n) is 5.24. The zero-order chi connectivity index (χ0) is 11.3. The second-order valence-corrected chi connectivity index (χ2v) is 3.53. The topological polar surface area (TPSA) is 38.2 Å². The van der Waals surface area contributed by atoms with Gasteiger partial charge in [0.2, 0.25) is 0 Å². The zero-order valence-electron chi connectivity index (χ0n) is 9.95. The molecule has 0 saturated carbocycles. The summed E-state index contributed by atoms with van der Waals surface area (Å²) >= 11 is 0. The van der Waals surface area contributed by atoms with Crippen LogP contribution < -0.4 is 4.90 Å². The van der Waals surface area contributed by atoms with Gasteiger partial charge < -0.3 is 9.64 Å². The molecule has 0 spiro atoms. The van der Waals surface area contributed by atoms with E-state index in [4.69, 9.17) is 4.74 Å². The molecule has 0 radical (unpaired) electrons. The highest BCUT2D eigenvalue weighted by atomic mass is 16.5. The fourth-order valence-electron chi connectivity index (χ4n) is 1.35. The number of ether oxygens (including phenoxy) is 1. The zero-order valence-corrected chi connectivity index (χ0v) is 9.95. The molecule has 4 nitrogen and oxygen atoms in total. The van der Waals surface area contributed by atoms with Gasteiger partial charge in [0.1, 0.15) is 11.6 Å². The van der Waals surface area contributed by atoms with Crippen molar-refractivity contribution in [1.82, 2.24) is 9.97 Å². The quantitative estimate of drug-likeness (QED) is 0.690. The summed E-state index contributed by atoms with van der Waals surface area (Å²) < 4.78 is 5.30. The third-order valence-electron chi connectivity index (χ3n) is 2.12. The highest BCUT2D eigenvalue weighted by Crippen LogP contribution is 2.09. The van der Waals surface area contributed by atoms with Crippen LogP contribution in [0.1, 0.15) is 18.4 Å². The Hall–Kier alpha value is -1.16. The highest BCUT2D eigenvalue weighted by molar-refractivity contribution is 5.38.